The number of rotatable bonds is 6. The van der Waals surface area contributed by atoms with Crippen LogP contribution in [0.5, 0.6) is 0 Å². The molecule has 148 valence electrons. The molecule has 2 aromatic carbocycles. The van der Waals surface area contributed by atoms with Crippen molar-refractivity contribution in [1.29, 1.82) is 0 Å². The van der Waals surface area contributed by atoms with Gasteiger partial charge in [0.2, 0.25) is 5.91 Å². The van der Waals surface area contributed by atoms with Crippen LogP contribution in [0.15, 0.2) is 36.4 Å². The van der Waals surface area contributed by atoms with Crippen LogP contribution in [-0.2, 0) is 11.2 Å². The fourth-order valence-corrected chi connectivity index (χ4v) is 3.70. The van der Waals surface area contributed by atoms with Crippen molar-refractivity contribution in [3.8, 4) is 0 Å². The van der Waals surface area contributed by atoms with Crippen LogP contribution in [0.3, 0.4) is 0 Å². The van der Waals surface area contributed by atoms with Crippen LogP contribution in [0.2, 0.25) is 10.0 Å². The molecule has 0 radical (unpaired) electrons. The first-order valence-electron chi connectivity index (χ1n) is 9.17. The number of hydrogen-bond acceptors (Lipinski definition) is 2. The molecule has 3 aromatic rings. The molecule has 3 rings (SSSR count). The molecule has 0 aliphatic carbocycles. The highest BCUT2D eigenvalue weighted by molar-refractivity contribution is 6.42. The van der Waals surface area contributed by atoms with Gasteiger partial charge in [-0.25, -0.2) is 9.37 Å². The molecule has 1 heterocycles. The second-order valence-electron chi connectivity index (χ2n) is 6.86. The van der Waals surface area contributed by atoms with Gasteiger partial charge in [-0.2, -0.15) is 0 Å². The number of nitrogens with zero attached hydrogens (tertiary/aromatic N) is 3. The van der Waals surface area contributed by atoms with Crippen molar-refractivity contribution in [3.05, 3.63) is 63.6 Å². The molecule has 0 aliphatic rings. The molecule has 4 nitrogen and oxygen atoms in total. The molecule has 1 atom stereocenters. The van der Waals surface area contributed by atoms with Crippen molar-refractivity contribution in [2.24, 2.45) is 0 Å². The second kappa shape index (κ2) is 8.50. The number of halogens is 3. The van der Waals surface area contributed by atoms with E-state index in [1.54, 1.807) is 42.3 Å². The Morgan fingerprint density at radius 1 is 1.25 bits per heavy atom. The standard InChI is InChI=1S/C21H22Cl2FN3O/c1-4-9-26(3)21(28)13(2)27-19-12-16(23)15(22)11-18(19)25-20(27)10-14-7-5-6-8-17(14)24/h5-8,11-13H,4,9-10H2,1-3H3/t13-/m0/s1. The first-order valence-corrected chi connectivity index (χ1v) is 9.93. The summed E-state index contributed by atoms with van der Waals surface area (Å²) in [6, 6.07) is 9.43. The van der Waals surface area contributed by atoms with Crippen molar-refractivity contribution in [1.82, 2.24) is 14.5 Å². The first-order chi connectivity index (χ1) is 13.3. The number of aromatic nitrogens is 2. The summed E-state index contributed by atoms with van der Waals surface area (Å²) in [5.74, 6) is 0.241. The lowest BCUT2D eigenvalue weighted by Crippen LogP contribution is -2.34. The third-order valence-electron chi connectivity index (χ3n) is 4.79. The van der Waals surface area contributed by atoms with Crippen LogP contribution in [0.25, 0.3) is 11.0 Å². The molecule has 0 spiro atoms. The highest BCUT2D eigenvalue weighted by Gasteiger charge is 2.25. The van der Waals surface area contributed by atoms with Crippen molar-refractivity contribution in [2.45, 2.75) is 32.7 Å². The fraction of sp³-hybridized carbons (Fsp3) is 0.333. The van der Waals surface area contributed by atoms with Gasteiger partial charge in [0.15, 0.2) is 0 Å². The molecular weight excluding hydrogens is 400 g/mol. The minimum Gasteiger partial charge on any atom is -0.344 e. The van der Waals surface area contributed by atoms with E-state index in [0.29, 0.717) is 39.0 Å². The predicted molar refractivity (Wildman–Crippen MR) is 112 cm³/mol. The Morgan fingerprint density at radius 2 is 1.93 bits per heavy atom. The van der Waals surface area contributed by atoms with E-state index in [0.717, 1.165) is 6.42 Å². The van der Waals surface area contributed by atoms with E-state index < -0.39 is 6.04 Å². The number of hydrogen-bond donors (Lipinski definition) is 0. The van der Waals surface area contributed by atoms with Gasteiger partial charge < -0.3 is 9.47 Å². The summed E-state index contributed by atoms with van der Waals surface area (Å²) in [5.41, 5.74) is 1.84. The minimum atomic E-state index is -0.513. The van der Waals surface area contributed by atoms with E-state index in [1.807, 2.05) is 18.4 Å². The van der Waals surface area contributed by atoms with E-state index in [2.05, 4.69) is 4.98 Å². The van der Waals surface area contributed by atoms with Crippen LogP contribution in [0.4, 0.5) is 4.39 Å². The average molecular weight is 422 g/mol. The Kier molecular flexibility index (Phi) is 6.26. The first kappa shape index (κ1) is 20.6. The predicted octanol–water partition coefficient (Wildman–Crippen LogP) is 5.50. The van der Waals surface area contributed by atoms with Gasteiger partial charge >= 0.3 is 0 Å². The molecule has 0 fully saturated rings. The summed E-state index contributed by atoms with van der Waals surface area (Å²) in [6.07, 6.45) is 1.12. The van der Waals surface area contributed by atoms with Gasteiger partial charge in [-0.15, -0.1) is 0 Å². The monoisotopic (exact) mass is 421 g/mol. The van der Waals surface area contributed by atoms with Crippen molar-refractivity contribution >= 4 is 40.1 Å². The van der Waals surface area contributed by atoms with Crippen LogP contribution in [0, 0.1) is 5.82 Å². The number of amides is 1. The Morgan fingerprint density at radius 3 is 2.61 bits per heavy atom. The molecule has 0 saturated heterocycles. The summed E-state index contributed by atoms with van der Waals surface area (Å²) in [7, 11) is 1.78. The molecule has 28 heavy (non-hydrogen) atoms. The van der Waals surface area contributed by atoms with Gasteiger partial charge in [-0.05, 0) is 37.1 Å². The summed E-state index contributed by atoms with van der Waals surface area (Å²) in [4.78, 5) is 19.3. The second-order valence-corrected chi connectivity index (χ2v) is 7.67. The van der Waals surface area contributed by atoms with Gasteiger partial charge in [0.05, 0.1) is 21.1 Å². The van der Waals surface area contributed by atoms with Crippen molar-refractivity contribution in [3.63, 3.8) is 0 Å². The zero-order valence-electron chi connectivity index (χ0n) is 16.0. The number of benzene rings is 2. The fourth-order valence-electron chi connectivity index (χ4n) is 3.38. The Labute approximate surface area is 173 Å². The van der Waals surface area contributed by atoms with E-state index in [-0.39, 0.29) is 18.1 Å². The Balaban J connectivity index is 2.13. The number of carbonyl (C=O) groups excluding carboxylic acids is 1. The van der Waals surface area contributed by atoms with E-state index in [4.69, 9.17) is 23.2 Å². The molecule has 7 heteroatoms. The topological polar surface area (TPSA) is 38.1 Å². The molecular formula is C21H22Cl2FN3O. The maximum Gasteiger partial charge on any atom is 0.245 e. The average Bonchev–Trinajstić information content (AvgIpc) is 2.99. The van der Waals surface area contributed by atoms with Crippen LogP contribution < -0.4 is 0 Å². The normalized spacial score (nSPS) is 12.4. The number of fused-ring (bicyclic) bond motifs is 1. The summed E-state index contributed by atoms with van der Waals surface area (Å²) in [5, 5.41) is 0.771. The van der Waals surface area contributed by atoms with Crippen LogP contribution in [-0.4, -0.2) is 34.0 Å². The Hall–Kier alpha value is -2.11. The van der Waals surface area contributed by atoms with Gasteiger partial charge in [-0.1, -0.05) is 48.3 Å². The largest absolute Gasteiger partial charge is 0.344 e. The van der Waals surface area contributed by atoms with E-state index in [1.165, 1.54) is 6.07 Å². The van der Waals surface area contributed by atoms with Gasteiger partial charge in [0.25, 0.3) is 0 Å². The third-order valence-corrected chi connectivity index (χ3v) is 5.51. The quantitative estimate of drug-likeness (QED) is 0.526. The summed E-state index contributed by atoms with van der Waals surface area (Å²) < 4.78 is 16.1. The smallest absolute Gasteiger partial charge is 0.245 e. The zero-order valence-corrected chi connectivity index (χ0v) is 17.6. The number of imidazole rings is 1. The van der Waals surface area contributed by atoms with Crippen molar-refractivity contribution < 1.29 is 9.18 Å². The molecule has 0 aliphatic heterocycles. The highest BCUT2D eigenvalue weighted by atomic mass is 35.5. The van der Waals surface area contributed by atoms with Crippen LogP contribution >= 0.6 is 23.2 Å². The highest BCUT2D eigenvalue weighted by Crippen LogP contribution is 2.31. The summed E-state index contributed by atoms with van der Waals surface area (Å²) in [6.45, 7) is 4.50. The number of likely N-dealkylation sites (N-methyl/N-ethyl adjacent to an activating group) is 1. The van der Waals surface area contributed by atoms with Gasteiger partial charge in [0, 0.05) is 20.0 Å². The van der Waals surface area contributed by atoms with Crippen LogP contribution in [0.1, 0.15) is 37.7 Å². The summed E-state index contributed by atoms with van der Waals surface area (Å²) >= 11 is 12.4. The lowest BCUT2D eigenvalue weighted by molar-refractivity contribution is -0.132. The zero-order chi connectivity index (χ0) is 20.4. The lowest BCUT2D eigenvalue weighted by atomic mass is 10.1. The maximum absolute atomic E-state index is 14.2. The Bertz CT molecular complexity index is 1020. The molecule has 0 saturated carbocycles. The lowest BCUT2D eigenvalue weighted by Gasteiger charge is -2.23. The molecule has 1 aromatic heterocycles. The van der Waals surface area contributed by atoms with Crippen molar-refractivity contribution in [2.75, 3.05) is 13.6 Å². The van der Waals surface area contributed by atoms with E-state index >= 15 is 0 Å². The molecule has 0 bridgehead atoms. The van der Waals surface area contributed by atoms with E-state index in [9.17, 15) is 9.18 Å². The molecule has 1 amide bonds. The SMILES string of the molecule is CCCN(C)C(=O)[C@H](C)n1c(Cc2ccccc2F)nc2cc(Cl)c(Cl)cc21. The third kappa shape index (κ3) is 4.01. The molecule has 0 unspecified atom stereocenters. The maximum atomic E-state index is 14.2. The number of carbonyl (C=O) groups is 1. The molecule has 0 N–H and O–H groups in total. The minimum absolute atomic E-state index is 0.0398. The van der Waals surface area contributed by atoms with Gasteiger partial charge in [0.1, 0.15) is 17.7 Å². The van der Waals surface area contributed by atoms with Gasteiger partial charge in [-0.3, -0.25) is 4.79 Å².